The van der Waals surface area contributed by atoms with Gasteiger partial charge in [-0.15, -0.1) is 6.58 Å². The van der Waals surface area contributed by atoms with E-state index in [1.54, 1.807) is 0 Å². The fourth-order valence-corrected chi connectivity index (χ4v) is 2.69. The zero-order valence-corrected chi connectivity index (χ0v) is 10.2. The molecule has 0 radical (unpaired) electrons. The minimum atomic E-state index is 0.811. The molecule has 0 saturated heterocycles. The first-order valence-corrected chi connectivity index (χ1v) is 6.62. The van der Waals surface area contributed by atoms with Crippen LogP contribution in [0.5, 0.6) is 0 Å². The topological polar surface area (TPSA) is 0 Å². The molecule has 0 fully saturated rings. The molecule has 0 N–H and O–H groups in total. The van der Waals surface area contributed by atoms with Gasteiger partial charge < -0.3 is 0 Å². The molecular formula is C15H15P. The van der Waals surface area contributed by atoms with Crippen molar-refractivity contribution in [1.82, 2.24) is 0 Å². The van der Waals surface area contributed by atoms with Gasteiger partial charge in [0, 0.05) is 0 Å². The molecule has 0 heterocycles. The van der Waals surface area contributed by atoms with Gasteiger partial charge in [-0.3, -0.25) is 0 Å². The van der Waals surface area contributed by atoms with Gasteiger partial charge in [-0.2, -0.15) is 0 Å². The van der Waals surface area contributed by atoms with Crippen LogP contribution in [0.3, 0.4) is 0 Å². The van der Waals surface area contributed by atoms with E-state index in [4.69, 9.17) is 0 Å². The molecule has 1 unspecified atom stereocenters. The van der Waals surface area contributed by atoms with Crippen molar-refractivity contribution < 1.29 is 0 Å². The molecule has 0 saturated carbocycles. The summed E-state index contributed by atoms with van der Waals surface area (Å²) in [6.07, 6.45) is 3.05. The van der Waals surface area contributed by atoms with E-state index >= 15 is 0 Å². The lowest BCUT2D eigenvalue weighted by Crippen LogP contribution is -1.99. The van der Waals surface area contributed by atoms with Crippen molar-refractivity contribution in [1.29, 1.82) is 0 Å². The molecule has 0 bridgehead atoms. The number of hydrogen-bond acceptors (Lipinski definition) is 0. The summed E-state index contributed by atoms with van der Waals surface area (Å²) in [5.74, 6) is 0. The monoisotopic (exact) mass is 226 g/mol. The first-order chi connectivity index (χ1) is 7.92. The lowest BCUT2D eigenvalue weighted by Gasteiger charge is -2.08. The summed E-state index contributed by atoms with van der Waals surface area (Å²) in [5, 5.41) is 1.42. The highest BCUT2D eigenvalue weighted by Crippen LogP contribution is 2.23. The SMILES string of the molecule is C=CCPc1ccccc1-c1ccccc1. The maximum absolute atomic E-state index is 3.79. The Labute approximate surface area is 98.8 Å². The Kier molecular flexibility index (Phi) is 3.91. The maximum Gasteiger partial charge on any atom is -0.0110 e. The van der Waals surface area contributed by atoms with E-state index in [9.17, 15) is 0 Å². The van der Waals surface area contributed by atoms with Gasteiger partial charge in [0.15, 0.2) is 0 Å². The second-order valence-electron chi connectivity index (χ2n) is 3.58. The Hall–Kier alpha value is -1.39. The van der Waals surface area contributed by atoms with E-state index in [1.807, 2.05) is 6.08 Å². The van der Waals surface area contributed by atoms with Crippen LogP contribution < -0.4 is 5.30 Å². The predicted molar refractivity (Wildman–Crippen MR) is 74.9 cm³/mol. The van der Waals surface area contributed by atoms with E-state index < -0.39 is 0 Å². The van der Waals surface area contributed by atoms with Gasteiger partial charge in [0.05, 0.1) is 0 Å². The number of rotatable bonds is 4. The summed E-state index contributed by atoms with van der Waals surface area (Å²) in [7, 11) is 0.811. The molecule has 0 aliphatic heterocycles. The third kappa shape index (κ3) is 2.59. The lowest BCUT2D eigenvalue weighted by molar-refractivity contribution is 1.64. The van der Waals surface area contributed by atoms with Crippen LogP contribution in [-0.2, 0) is 0 Å². The molecule has 80 valence electrons. The van der Waals surface area contributed by atoms with Gasteiger partial charge in [0.1, 0.15) is 0 Å². The first kappa shape index (κ1) is 11.1. The summed E-state index contributed by atoms with van der Waals surface area (Å²) < 4.78 is 0. The highest BCUT2D eigenvalue weighted by Gasteiger charge is 2.02. The molecule has 0 spiro atoms. The van der Waals surface area contributed by atoms with Crippen LogP contribution in [0.15, 0.2) is 67.3 Å². The summed E-state index contributed by atoms with van der Waals surface area (Å²) in [6.45, 7) is 3.79. The molecular weight excluding hydrogens is 211 g/mol. The van der Waals surface area contributed by atoms with Gasteiger partial charge in [0.2, 0.25) is 0 Å². The molecule has 16 heavy (non-hydrogen) atoms. The second kappa shape index (κ2) is 5.63. The molecule has 0 amide bonds. The Morgan fingerprint density at radius 2 is 1.62 bits per heavy atom. The third-order valence-corrected chi connectivity index (χ3v) is 3.76. The van der Waals surface area contributed by atoms with Crippen molar-refractivity contribution in [2.75, 3.05) is 6.16 Å². The molecule has 2 aromatic carbocycles. The standard InChI is InChI=1S/C15H15P/c1-2-12-16-15-11-7-6-10-14(15)13-8-4-3-5-9-13/h2-11,16H,1,12H2. The largest absolute Gasteiger partial charge is 0.103 e. The summed E-state index contributed by atoms with van der Waals surface area (Å²) >= 11 is 0. The van der Waals surface area contributed by atoms with Crippen LogP contribution in [-0.4, -0.2) is 6.16 Å². The van der Waals surface area contributed by atoms with Crippen molar-refractivity contribution in [3.05, 3.63) is 67.3 Å². The average molecular weight is 226 g/mol. The van der Waals surface area contributed by atoms with Gasteiger partial charge in [-0.1, -0.05) is 69.3 Å². The van der Waals surface area contributed by atoms with Gasteiger partial charge >= 0.3 is 0 Å². The van der Waals surface area contributed by atoms with Crippen molar-refractivity contribution in [3.63, 3.8) is 0 Å². The Balaban J connectivity index is 2.36. The van der Waals surface area contributed by atoms with E-state index in [1.165, 1.54) is 16.4 Å². The average Bonchev–Trinajstić information content (AvgIpc) is 2.38. The molecule has 2 rings (SSSR count). The van der Waals surface area contributed by atoms with E-state index in [2.05, 4.69) is 61.2 Å². The van der Waals surface area contributed by atoms with Crippen LogP contribution in [0.25, 0.3) is 11.1 Å². The van der Waals surface area contributed by atoms with E-state index in [-0.39, 0.29) is 0 Å². The smallest absolute Gasteiger partial charge is 0.0110 e. The van der Waals surface area contributed by atoms with Crippen molar-refractivity contribution in [2.45, 2.75) is 0 Å². The van der Waals surface area contributed by atoms with Crippen LogP contribution in [0.2, 0.25) is 0 Å². The summed E-state index contributed by atoms with van der Waals surface area (Å²) in [6, 6.07) is 19.2. The van der Waals surface area contributed by atoms with Crippen molar-refractivity contribution in [2.24, 2.45) is 0 Å². The normalized spacial score (nSPS) is 10.8. The number of allylic oxidation sites excluding steroid dienone is 1. The molecule has 1 atom stereocenters. The van der Waals surface area contributed by atoms with Crippen LogP contribution in [0.4, 0.5) is 0 Å². The van der Waals surface area contributed by atoms with E-state index in [0.29, 0.717) is 0 Å². The number of hydrogen-bond donors (Lipinski definition) is 0. The van der Waals surface area contributed by atoms with Crippen LogP contribution >= 0.6 is 8.58 Å². The lowest BCUT2D eigenvalue weighted by atomic mass is 10.1. The van der Waals surface area contributed by atoms with Gasteiger partial charge in [-0.05, 0) is 22.6 Å². The van der Waals surface area contributed by atoms with Crippen LogP contribution in [0.1, 0.15) is 0 Å². The van der Waals surface area contributed by atoms with Gasteiger partial charge in [0.25, 0.3) is 0 Å². The highest BCUT2D eigenvalue weighted by atomic mass is 31.1. The molecule has 0 aliphatic carbocycles. The van der Waals surface area contributed by atoms with E-state index in [0.717, 1.165) is 14.7 Å². The summed E-state index contributed by atoms with van der Waals surface area (Å²) in [5.41, 5.74) is 2.65. The van der Waals surface area contributed by atoms with Crippen molar-refractivity contribution in [3.8, 4) is 11.1 Å². The summed E-state index contributed by atoms with van der Waals surface area (Å²) in [4.78, 5) is 0. The minimum Gasteiger partial charge on any atom is -0.103 e. The quantitative estimate of drug-likeness (QED) is 0.549. The fraction of sp³-hybridized carbons (Fsp3) is 0.0667. The molecule has 0 aromatic heterocycles. The molecule has 1 heteroatoms. The second-order valence-corrected chi connectivity index (χ2v) is 4.88. The molecule has 2 aromatic rings. The zero-order valence-electron chi connectivity index (χ0n) is 9.19. The maximum atomic E-state index is 3.79. The van der Waals surface area contributed by atoms with Gasteiger partial charge in [-0.25, -0.2) is 0 Å². The van der Waals surface area contributed by atoms with Crippen molar-refractivity contribution >= 4 is 13.9 Å². The Morgan fingerprint density at radius 1 is 0.938 bits per heavy atom. The Bertz CT molecular complexity index is 460. The molecule has 0 nitrogen and oxygen atoms in total. The minimum absolute atomic E-state index is 0.811. The fourth-order valence-electron chi connectivity index (χ4n) is 1.69. The van der Waals surface area contributed by atoms with Crippen LogP contribution in [0, 0.1) is 0 Å². The first-order valence-electron chi connectivity index (χ1n) is 5.41. The Morgan fingerprint density at radius 3 is 2.38 bits per heavy atom. The third-order valence-electron chi connectivity index (χ3n) is 2.45. The predicted octanol–water partition coefficient (Wildman–Crippen LogP) is 3.84. The number of benzene rings is 2. The zero-order chi connectivity index (χ0) is 11.2. The highest BCUT2D eigenvalue weighted by molar-refractivity contribution is 7.47. The molecule has 0 aliphatic rings.